The molecule has 18 heavy (non-hydrogen) atoms. The quantitative estimate of drug-likeness (QED) is 0.591. The fourth-order valence-corrected chi connectivity index (χ4v) is 2.60. The summed E-state index contributed by atoms with van der Waals surface area (Å²) < 4.78 is 0. The second-order valence-corrected chi connectivity index (χ2v) is 5.58. The van der Waals surface area contributed by atoms with Gasteiger partial charge in [0, 0.05) is 0 Å². The van der Waals surface area contributed by atoms with Gasteiger partial charge >= 0.3 is 0 Å². The monoisotopic (exact) mass is 255 g/mol. The number of hydrogen-bond acceptors (Lipinski definition) is 3. The van der Waals surface area contributed by atoms with Crippen molar-refractivity contribution in [1.82, 2.24) is 16.0 Å². The molecule has 1 saturated heterocycles. The SMILES string of the molecule is CCCCC1NC(CCCC)NC(CCCC)N1. The molecule has 0 amide bonds. The fraction of sp³-hybridized carbons (Fsp3) is 1.00. The second-order valence-electron chi connectivity index (χ2n) is 5.58. The number of nitrogens with one attached hydrogen (secondary N) is 3. The third-order valence-corrected chi connectivity index (χ3v) is 3.75. The van der Waals surface area contributed by atoms with E-state index in [1.165, 1.54) is 57.8 Å². The fourth-order valence-electron chi connectivity index (χ4n) is 2.60. The predicted molar refractivity (Wildman–Crippen MR) is 79.3 cm³/mol. The van der Waals surface area contributed by atoms with Crippen molar-refractivity contribution in [3.8, 4) is 0 Å². The smallest absolute Gasteiger partial charge is 0.0595 e. The Morgan fingerprint density at radius 2 is 0.833 bits per heavy atom. The lowest BCUT2D eigenvalue weighted by atomic mass is 10.1. The Kier molecular flexibility index (Phi) is 8.64. The lowest BCUT2D eigenvalue weighted by Gasteiger charge is -2.39. The molecule has 0 bridgehead atoms. The summed E-state index contributed by atoms with van der Waals surface area (Å²) in [5.74, 6) is 0. The van der Waals surface area contributed by atoms with Crippen LogP contribution in [-0.4, -0.2) is 18.5 Å². The summed E-state index contributed by atoms with van der Waals surface area (Å²) in [7, 11) is 0. The molecule has 0 radical (unpaired) electrons. The van der Waals surface area contributed by atoms with Crippen molar-refractivity contribution in [3.05, 3.63) is 0 Å². The van der Waals surface area contributed by atoms with Gasteiger partial charge in [-0.2, -0.15) is 0 Å². The molecule has 0 aromatic heterocycles. The highest BCUT2D eigenvalue weighted by molar-refractivity contribution is 4.82. The van der Waals surface area contributed by atoms with Crippen molar-refractivity contribution < 1.29 is 0 Å². The first-order chi connectivity index (χ1) is 8.80. The summed E-state index contributed by atoms with van der Waals surface area (Å²) in [6.07, 6.45) is 13.1. The first-order valence-corrected chi connectivity index (χ1v) is 8.08. The zero-order valence-electron chi connectivity index (χ0n) is 12.6. The first kappa shape index (κ1) is 15.9. The van der Waals surface area contributed by atoms with Gasteiger partial charge in [0.05, 0.1) is 18.5 Å². The molecule has 3 heteroatoms. The Bertz CT molecular complexity index is 157. The van der Waals surface area contributed by atoms with Crippen LogP contribution in [0.3, 0.4) is 0 Å². The highest BCUT2D eigenvalue weighted by atomic mass is 15.3. The summed E-state index contributed by atoms with van der Waals surface area (Å²) in [5.41, 5.74) is 0. The van der Waals surface area contributed by atoms with Crippen LogP contribution in [-0.2, 0) is 0 Å². The van der Waals surface area contributed by atoms with Crippen LogP contribution >= 0.6 is 0 Å². The molecular weight excluding hydrogens is 222 g/mol. The average molecular weight is 255 g/mol. The average Bonchev–Trinajstić information content (AvgIpc) is 2.40. The van der Waals surface area contributed by atoms with Crippen LogP contribution in [0.15, 0.2) is 0 Å². The van der Waals surface area contributed by atoms with E-state index < -0.39 is 0 Å². The van der Waals surface area contributed by atoms with Gasteiger partial charge in [0.15, 0.2) is 0 Å². The van der Waals surface area contributed by atoms with Crippen LogP contribution < -0.4 is 16.0 Å². The maximum atomic E-state index is 3.71. The third kappa shape index (κ3) is 6.17. The second kappa shape index (κ2) is 9.76. The Labute approximate surface area is 113 Å². The minimum Gasteiger partial charge on any atom is -0.286 e. The van der Waals surface area contributed by atoms with E-state index in [2.05, 4.69) is 36.7 Å². The van der Waals surface area contributed by atoms with Crippen LogP contribution in [0, 0.1) is 0 Å². The van der Waals surface area contributed by atoms with Gasteiger partial charge in [0.2, 0.25) is 0 Å². The first-order valence-electron chi connectivity index (χ1n) is 8.08. The predicted octanol–water partition coefficient (Wildman–Crippen LogP) is 3.32. The van der Waals surface area contributed by atoms with Gasteiger partial charge < -0.3 is 0 Å². The summed E-state index contributed by atoms with van der Waals surface area (Å²) in [5, 5.41) is 11.1. The van der Waals surface area contributed by atoms with E-state index in [1.807, 2.05) is 0 Å². The molecule has 0 spiro atoms. The van der Waals surface area contributed by atoms with Crippen molar-refractivity contribution in [2.45, 2.75) is 97.1 Å². The van der Waals surface area contributed by atoms with E-state index in [0.29, 0.717) is 18.5 Å². The lowest BCUT2D eigenvalue weighted by Crippen LogP contribution is -2.67. The third-order valence-electron chi connectivity index (χ3n) is 3.75. The Balaban J connectivity index is 2.38. The topological polar surface area (TPSA) is 36.1 Å². The van der Waals surface area contributed by atoms with Gasteiger partial charge in [-0.05, 0) is 19.3 Å². The lowest BCUT2D eigenvalue weighted by molar-refractivity contribution is 0.172. The number of hydrogen-bond donors (Lipinski definition) is 3. The largest absolute Gasteiger partial charge is 0.286 e. The molecule has 0 atom stereocenters. The van der Waals surface area contributed by atoms with E-state index in [-0.39, 0.29) is 0 Å². The number of unbranched alkanes of at least 4 members (excludes halogenated alkanes) is 3. The van der Waals surface area contributed by atoms with E-state index in [9.17, 15) is 0 Å². The number of rotatable bonds is 9. The highest BCUT2D eigenvalue weighted by Gasteiger charge is 2.25. The van der Waals surface area contributed by atoms with Crippen LogP contribution in [0.1, 0.15) is 78.6 Å². The molecule has 1 fully saturated rings. The summed E-state index contributed by atoms with van der Waals surface area (Å²) in [4.78, 5) is 0. The van der Waals surface area contributed by atoms with Crippen molar-refractivity contribution in [2.24, 2.45) is 0 Å². The molecule has 1 aliphatic heterocycles. The van der Waals surface area contributed by atoms with Crippen molar-refractivity contribution in [3.63, 3.8) is 0 Å². The summed E-state index contributed by atoms with van der Waals surface area (Å²) in [6.45, 7) is 6.80. The molecule has 0 aromatic carbocycles. The zero-order valence-corrected chi connectivity index (χ0v) is 12.6. The molecule has 1 rings (SSSR count). The van der Waals surface area contributed by atoms with Crippen LogP contribution in [0.2, 0.25) is 0 Å². The molecule has 0 aromatic rings. The molecule has 3 nitrogen and oxygen atoms in total. The highest BCUT2D eigenvalue weighted by Crippen LogP contribution is 2.11. The molecule has 108 valence electrons. The van der Waals surface area contributed by atoms with Gasteiger partial charge in [-0.25, -0.2) is 0 Å². The normalized spacial score (nSPS) is 28.5. The van der Waals surface area contributed by atoms with Crippen molar-refractivity contribution in [1.29, 1.82) is 0 Å². The standard InChI is InChI=1S/C15H33N3/c1-4-7-10-13-16-14(11-8-5-2)18-15(17-13)12-9-6-3/h13-18H,4-12H2,1-3H3. The van der Waals surface area contributed by atoms with Gasteiger partial charge in [0.25, 0.3) is 0 Å². The van der Waals surface area contributed by atoms with Crippen LogP contribution in [0.25, 0.3) is 0 Å². The summed E-state index contributed by atoms with van der Waals surface area (Å²) >= 11 is 0. The van der Waals surface area contributed by atoms with E-state index in [0.717, 1.165) is 0 Å². The van der Waals surface area contributed by atoms with E-state index in [1.54, 1.807) is 0 Å². The molecular formula is C15H33N3. The molecule has 1 heterocycles. The zero-order chi connectivity index (χ0) is 13.2. The van der Waals surface area contributed by atoms with E-state index >= 15 is 0 Å². The van der Waals surface area contributed by atoms with Crippen molar-refractivity contribution >= 4 is 0 Å². The Hall–Kier alpha value is -0.120. The van der Waals surface area contributed by atoms with Gasteiger partial charge in [-0.15, -0.1) is 0 Å². The van der Waals surface area contributed by atoms with Gasteiger partial charge in [-0.3, -0.25) is 16.0 Å². The Morgan fingerprint density at radius 1 is 0.556 bits per heavy atom. The van der Waals surface area contributed by atoms with Crippen LogP contribution in [0.5, 0.6) is 0 Å². The van der Waals surface area contributed by atoms with Crippen molar-refractivity contribution in [2.75, 3.05) is 0 Å². The molecule has 3 N–H and O–H groups in total. The van der Waals surface area contributed by atoms with E-state index in [4.69, 9.17) is 0 Å². The maximum absolute atomic E-state index is 3.71. The molecule has 0 saturated carbocycles. The summed E-state index contributed by atoms with van der Waals surface area (Å²) in [6, 6.07) is 0. The van der Waals surface area contributed by atoms with Crippen LogP contribution in [0.4, 0.5) is 0 Å². The Morgan fingerprint density at radius 3 is 1.06 bits per heavy atom. The maximum Gasteiger partial charge on any atom is 0.0595 e. The molecule has 0 aliphatic carbocycles. The molecule has 0 unspecified atom stereocenters. The minimum absolute atomic E-state index is 0.509. The van der Waals surface area contributed by atoms with Gasteiger partial charge in [0.1, 0.15) is 0 Å². The minimum atomic E-state index is 0.509. The van der Waals surface area contributed by atoms with Gasteiger partial charge in [-0.1, -0.05) is 59.3 Å². The molecule has 1 aliphatic rings.